The highest BCUT2D eigenvalue weighted by Gasteiger charge is 2.45. The second kappa shape index (κ2) is 18.9. The maximum atomic E-state index is 13.2. The van der Waals surface area contributed by atoms with E-state index in [1.54, 1.807) is 18.1 Å². The van der Waals surface area contributed by atoms with Gasteiger partial charge in [0.25, 0.3) is 0 Å². The summed E-state index contributed by atoms with van der Waals surface area (Å²) in [5, 5.41) is 31.4. The Kier molecular flexibility index (Phi) is 16.4. The van der Waals surface area contributed by atoms with Gasteiger partial charge in [-0.25, -0.2) is 4.79 Å². The lowest BCUT2D eigenvalue weighted by atomic mass is 9.89. The fourth-order valence-electron chi connectivity index (χ4n) is 5.72. The molecular formula is C35H60N2O8. The summed E-state index contributed by atoms with van der Waals surface area (Å²) in [4.78, 5) is 27.9. The summed E-state index contributed by atoms with van der Waals surface area (Å²) in [6.45, 7) is 14.4. The van der Waals surface area contributed by atoms with Crippen molar-refractivity contribution < 1.29 is 39.1 Å². The lowest BCUT2D eigenvalue weighted by molar-refractivity contribution is -0.110. The number of hydrogen-bond acceptors (Lipinski definition) is 9. The molecule has 0 radical (unpaired) electrons. The molecule has 2 heterocycles. The number of nitrogens with zero attached hydrogens (tertiary/aromatic N) is 2. The number of hydrogen-bond donors (Lipinski definition) is 3. The van der Waals surface area contributed by atoms with Crippen LogP contribution in [0.3, 0.4) is 0 Å². The SMILES string of the molecule is CC[C@H](O)[C@@H](C)[C@H]1O[C@@H]1C[C@H](C)/C=C/C=C(\C)[C@@H](O)[C@@H](C)/C=C/[C@H](OC(=O)N1CCN(C)CC1)C(C)(CC[C@@H](O)CC=O)OC. The molecule has 0 aromatic heterocycles. The summed E-state index contributed by atoms with van der Waals surface area (Å²) in [5.41, 5.74) is -0.165. The highest BCUT2D eigenvalue weighted by atomic mass is 16.6. The Morgan fingerprint density at radius 1 is 1.09 bits per heavy atom. The van der Waals surface area contributed by atoms with Crippen molar-refractivity contribution in [1.82, 2.24) is 9.80 Å². The van der Waals surface area contributed by atoms with Gasteiger partial charge >= 0.3 is 6.09 Å². The van der Waals surface area contributed by atoms with Crippen molar-refractivity contribution in [2.24, 2.45) is 17.8 Å². The largest absolute Gasteiger partial charge is 0.439 e. The lowest BCUT2D eigenvalue weighted by Gasteiger charge is -2.38. The van der Waals surface area contributed by atoms with Crippen molar-refractivity contribution in [3.05, 3.63) is 36.0 Å². The minimum Gasteiger partial charge on any atom is -0.439 e. The number of carbonyl (C=O) groups is 2. The summed E-state index contributed by atoms with van der Waals surface area (Å²) in [7, 11) is 3.56. The number of methoxy groups -OCH3 is 1. The van der Waals surface area contributed by atoms with E-state index in [1.807, 2.05) is 59.9 Å². The third kappa shape index (κ3) is 12.6. The second-order valence-electron chi connectivity index (χ2n) is 13.4. The summed E-state index contributed by atoms with van der Waals surface area (Å²) >= 11 is 0. The van der Waals surface area contributed by atoms with Crippen LogP contribution in [0.4, 0.5) is 4.79 Å². The van der Waals surface area contributed by atoms with Crippen molar-refractivity contribution in [2.45, 2.75) is 116 Å². The molecule has 0 spiro atoms. The predicted octanol–water partition coefficient (Wildman–Crippen LogP) is 4.13. The minimum absolute atomic E-state index is 0.0284. The lowest BCUT2D eigenvalue weighted by Crippen LogP contribution is -2.50. The summed E-state index contributed by atoms with van der Waals surface area (Å²) in [5.74, 6) is 0.136. The molecule has 2 rings (SSSR count). The van der Waals surface area contributed by atoms with Crippen molar-refractivity contribution in [3.8, 4) is 0 Å². The van der Waals surface area contributed by atoms with Gasteiger partial charge in [0.1, 0.15) is 11.9 Å². The van der Waals surface area contributed by atoms with E-state index in [4.69, 9.17) is 14.2 Å². The van der Waals surface area contributed by atoms with Crippen molar-refractivity contribution in [3.63, 3.8) is 0 Å². The number of carbonyl (C=O) groups excluding carboxylic acids is 2. The molecule has 0 bridgehead atoms. The zero-order chi connectivity index (χ0) is 33.7. The fourth-order valence-corrected chi connectivity index (χ4v) is 5.72. The third-order valence-electron chi connectivity index (χ3n) is 9.52. The van der Waals surface area contributed by atoms with E-state index in [-0.39, 0.29) is 42.5 Å². The standard InChI is InChI=1S/C35H60N2O8/c1-9-29(40)27(5)33-30(44-33)23-24(2)11-10-12-25(3)32(41)26(4)13-14-31(35(6,43-8)17-15-28(39)16-22-38)45-34(42)37-20-18-36(7)19-21-37/h10-14,22,24,26-33,39-41H,9,15-21,23H2,1-8H3/b11-10+,14-13+,25-12+/t24-,26+,27-,28-,29+,30-,31+,32-,33-,35?/m1/s1. The van der Waals surface area contributed by atoms with E-state index in [0.717, 1.165) is 31.5 Å². The van der Waals surface area contributed by atoms with Gasteiger partial charge in [-0.15, -0.1) is 0 Å². The molecule has 0 aliphatic carbocycles. The number of piperazine rings is 1. The van der Waals surface area contributed by atoms with Crippen LogP contribution >= 0.6 is 0 Å². The van der Waals surface area contributed by atoms with E-state index < -0.39 is 30.0 Å². The van der Waals surface area contributed by atoms with Crippen molar-refractivity contribution in [1.29, 1.82) is 0 Å². The molecule has 0 aromatic rings. The highest BCUT2D eigenvalue weighted by molar-refractivity contribution is 5.68. The molecule has 1 unspecified atom stereocenters. The van der Waals surface area contributed by atoms with Gasteiger partial charge in [-0.1, -0.05) is 52.0 Å². The first-order valence-corrected chi connectivity index (χ1v) is 16.6. The number of epoxide rings is 1. The van der Waals surface area contributed by atoms with Gasteiger partial charge in [-0.3, -0.25) is 0 Å². The molecular weight excluding hydrogens is 576 g/mol. The first-order chi connectivity index (χ1) is 21.3. The molecule has 10 nitrogen and oxygen atoms in total. The Morgan fingerprint density at radius 2 is 1.76 bits per heavy atom. The molecule has 2 aliphatic heterocycles. The van der Waals surface area contributed by atoms with Gasteiger partial charge in [-0.05, 0) is 64.1 Å². The van der Waals surface area contributed by atoms with Crippen molar-refractivity contribution in [2.75, 3.05) is 40.3 Å². The van der Waals surface area contributed by atoms with Crippen LogP contribution < -0.4 is 0 Å². The molecule has 1 amide bonds. The maximum Gasteiger partial charge on any atom is 0.410 e. The normalized spacial score (nSPS) is 25.8. The number of rotatable bonds is 19. The molecule has 0 aromatic carbocycles. The van der Waals surface area contributed by atoms with Gasteiger partial charge in [-0.2, -0.15) is 0 Å². The number of ether oxygens (including phenoxy) is 3. The molecule has 3 N–H and O–H groups in total. The van der Waals surface area contributed by atoms with Crippen LogP contribution in [0.15, 0.2) is 36.0 Å². The average Bonchev–Trinajstić information content (AvgIpc) is 3.79. The van der Waals surface area contributed by atoms with Crippen LogP contribution in [-0.4, -0.2) is 120 Å². The maximum absolute atomic E-state index is 13.2. The van der Waals surface area contributed by atoms with E-state index in [1.165, 1.54) is 0 Å². The van der Waals surface area contributed by atoms with E-state index in [2.05, 4.69) is 17.9 Å². The highest BCUT2D eigenvalue weighted by Crippen LogP contribution is 2.36. The van der Waals surface area contributed by atoms with Crippen LogP contribution in [0.1, 0.15) is 73.6 Å². The van der Waals surface area contributed by atoms with Crippen molar-refractivity contribution >= 4 is 12.4 Å². The zero-order valence-corrected chi connectivity index (χ0v) is 28.8. The number of allylic oxidation sites excluding steroid dienone is 3. The predicted molar refractivity (Wildman–Crippen MR) is 176 cm³/mol. The van der Waals surface area contributed by atoms with Crippen LogP contribution in [0.5, 0.6) is 0 Å². The summed E-state index contributed by atoms with van der Waals surface area (Å²) in [6.07, 6.45) is 9.75. The zero-order valence-electron chi connectivity index (χ0n) is 28.8. The average molecular weight is 637 g/mol. The van der Waals surface area contributed by atoms with Gasteiger partial charge in [0.2, 0.25) is 0 Å². The van der Waals surface area contributed by atoms with Gasteiger partial charge < -0.3 is 44.1 Å². The van der Waals surface area contributed by atoms with Crippen LogP contribution in [0.2, 0.25) is 0 Å². The number of likely N-dealkylation sites (N-methyl/N-ethyl adjacent to an activating group) is 1. The number of aliphatic hydroxyl groups is 3. The fraction of sp³-hybridized carbons (Fsp3) is 0.771. The Labute approximate surface area is 271 Å². The second-order valence-corrected chi connectivity index (χ2v) is 13.4. The Hall–Kier alpha value is -2.08. The number of aldehydes is 1. The van der Waals surface area contributed by atoms with E-state index in [0.29, 0.717) is 32.2 Å². The number of aliphatic hydroxyl groups excluding tert-OH is 3. The third-order valence-corrected chi connectivity index (χ3v) is 9.52. The van der Waals surface area contributed by atoms with Crippen LogP contribution in [0.25, 0.3) is 0 Å². The molecule has 2 saturated heterocycles. The molecule has 258 valence electrons. The van der Waals surface area contributed by atoms with Gasteiger partial charge in [0.05, 0.1) is 30.5 Å². The Bertz CT molecular complexity index is 994. The molecule has 45 heavy (non-hydrogen) atoms. The van der Waals surface area contributed by atoms with E-state index >= 15 is 0 Å². The first-order valence-electron chi connectivity index (χ1n) is 16.6. The minimum atomic E-state index is -0.965. The topological polar surface area (TPSA) is 132 Å². The smallest absolute Gasteiger partial charge is 0.410 e. The molecule has 10 heteroatoms. The Balaban J connectivity index is 2.06. The first kappa shape index (κ1) is 39.1. The van der Waals surface area contributed by atoms with Gasteiger partial charge in [0, 0.05) is 51.5 Å². The quantitative estimate of drug-likeness (QED) is 0.0829. The van der Waals surface area contributed by atoms with E-state index in [9.17, 15) is 24.9 Å². The molecule has 2 fully saturated rings. The van der Waals surface area contributed by atoms with Crippen LogP contribution in [-0.2, 0) is 19.0 Å². The number of amides is 1. The molecule has 0 saturated carbocycles. The summed E-state index contributed by atoms with van der Waals surface area (Å²) < 4.78 is 17.7. The molecule has 2 aliphatic rings. The van der Waals surface area contributed by atoms with Gasteiger partial charge in [0.15, 0.2) is 6.10 Å². The molecule has 10 atom stereocenters. The monoisotopic (exact) mass is 636 g/mol. The Morgan fingerprint density at radius 3 is 2.36 bits per heavy atom. The summed E-state index contributed by atoms with van der Waals surface area (Å²) in [6, 6.07) is 0. The van der Waals surface area contributed by atoms with Crippen LogP contribution in [0, 0.1) is 17.8 Å².